The number of nitrogens with zero attached hydrogens (tertiary/aromatic N) is 1. The number of benzene rings is 1. The van der Waals surface area contributed by atoms with E-state index in [1.807, 2.05) is 6.07 Å². The van der Waals surface area contributed by atoms with E-state index in [0.717, 1.165) is 30.0 Å². The molecular weight excluding hydrogens is 440 g/mol. The van der Waals surface area contributed by atoms with Crippen LogP contribution >= 0.6 is 11.3 Å². The predicted molar refractivity (Wildman–Crippen MR) is 116 cm³/mol. The molecule has 166 valence electrons. The Labute approximate surface area is 184 Å². The molecule has 9 nitrogen and oxygen atoms in total. The van der Waals surface area contributed by atoms with Gasteiger partial charge < -0.3 is 5.32 Å². The van der Waals surface area contributed by atoms with Crippen LogP contribution in [0, 0.1) is 0 Å². The van der Waals surface area contributed by atoms with E-state index in [1.165, 1.54) is 60.1 Å². The van der Waals surface area contributed by atoms with Crippen LogP contribution in [-0.2, 0) is 27.7 Å². The van der Waals surface area contributed by atoms with E-state index in [9.17, 15) is 22.8 Å². The van der Waals surface area contributed by atoms with Gasteiger partial charge >= 0.3 is 0 Å². The number of thiophene rings is 1. The number of fused-ring (bicyclic) bond motifs is 1. The third-order valence-electron chi connectivity index (χ3n) is 4.82. The number of amides is 3. The summed E-state index contributed by atoms with van der Waals surface area (Å²) in [5.74, 6) is -1.62. The number of sulfonamides is 1. The fraction of sp³-hybridized carbons (Fsp3) is 0.350. The highest BCUT2D eigenvalue weighted by Crippen LogP contribution is 2.29. The van der Waals surface area contributed by atoms with Crippen molar-refractivity contribution >= 4 is 39.1 Å². The first-order chi connectivity index (χ1) is 14.7. The van der Waals surface area contributed by atoms with Gasteiger partial charge in [-0.2, -0.15) is 0 Å². The summed E-state index contributed by atoms with van der Waals surface area (Å²) in [6, 6.07) is 7.38. The second-order valence-electron chi connectivity index (χ2n) is 7.27. The Morgan fingerprint density at radius 2 is 1.77 bits per heavy atom. The molecule has 0 saturated heterocycles. The number of carbonyl (C=O) groups excluding carboxylic acids is 3. The first-order valence-corrected chi connectivity index (χ1v) is 12.0. The average molecular weight is 465 g/mol. The maximum Gasteiger partial charge on any atom is 0.279 e. The molecule has 3 N–H and O–H groups in total. The van der Waals surface area contributed by atoms with Crippen molar-refractivity contribution in [2.45, 2.75) is 30.6 Å². The molecule has 0 spiro atoms. The van der Waals surface area contributed by atoms with Crippen LogP contribution in [0.15, 0.2) is 35.2 Å². The Balaban J connectivity index is 1.51. The van der Waals surface area contributed by atoms with Crippen LogP contribution in [0.25, 0.3) is 0 Å². The number of hydrazine groups is 1. The van der Waals surface area contributed by atoms with Gasteiger partial charge in [-0.25, -0.2) is 12.7 Å². The summed E-state index contributed by atoms with van der Waals surface area (Å²) in [5.41, 5.74) is 5.91. The Bertz CT molecular complexity index is 1090. The minimum absolute atomic E-state index is 0.0273. The molecule has 11 heteroatoms. The van der Waals surface area contributed by atoms with Gasteiger partial charge in [0.25, 0.3) is 17.7 Å². The zero-order valence-corrected chi connectivity index (χ0v) is 18.9. The van der Waals surface area contributed by atoms with Crippen LogP contribution in [0.2, 0.25) is 0 Å². The summed E-state index contributed by atoms with van der Waals surface area (Å²) in [6.07, 6.45) is 4.18. The van der Waals surface area contributed by atoms with E-state index in [0.29, 0.717) is 4.88 Å². The molecule has 1 aliphatic carbocycles. The number of carbonyl (C=O) groups is 3. The Morgan fingerprint density at radius 1 is 1.03 bits per heavy atom. The standard InChI is InChI=1S/C20H24N4O5S2/c1-24(2)31(28,29)15-8-5-7-14(10-15)19(26)21-12-18(25)22-23-20(27)17-11-13-6-3-4-9-16(13)30-17/h5,7-8,10-11H,3-4,6,9,12H2,1-2H3,(H,21,26)(H,22,25)(H,23,27). The Morgan fingerprint density at radius 3 is 2.48 bits per heavy atom. The molecule has 1 heterocycles. The summed E-state index contributed by atoms with van der Waals surface area (Å²) in [6.45, 7) is -0.384. The largest absolute Gasteiger partial charge is 0.343 e. The molecule has 1 aromatic heterocycles. The van der Waals surface area contributed by atoms with E-state index in [4.69, 9.17) is 0 Å². The monoisotopic (exact) mass is 464 g/mol. The van der Waals surface area contributed by atoms with E-state index < -0.39 is 27.7 Å². The van der Waals surface area contributed by atoms with Crippen molar-refractivity contribution in [1.29, 1.82) is 0 Å². The lowest BCUT2D eigenvalue weighted by atomic mass is 9.99. The van der Waals surface area contributed by atoms with Crippen LogP contribution < -0.4 is 16.2 Å². The van der Waals surface area contributed by atoms with Crippen molar-refractivity contribution in [2.24, 2.45) is 0 Å². The molecule has 0 saturated carbocycles. The van der Waals surface area contributed by atoms with Crippen molar-refractivity contribution in [3.63, 3.8) is 0 Å². The van der Waals surface area contributed by atoms with Crippen LogP contribution in [0.1, 0.15) is 43.3 Å². The van der Waals surface area contributed by atoms with Crippen LogP contribution in [0.5, 0.6) is 0 Å². The topological polar surface area (TPSA) is 125 Å². The Hall–Kier alpha value is -2.76. The van der Waals surface area contributed by atoms with Gasteiger partial charge in [-0.1, -0.05) is 6.07 Å². The van der Waals surface area contributed by atoms with Gasteiger partial charge in [0, 0.05) is 24.5 Å². The summed E-state index contributed by atoms with van der Waals surface area (Å²) in [7, 11) is -0.893. The molecule has 0 fully saturated rings. The third kappa shape index (κ3) is 5.49. The van der Waals surface area contributed by atoms with Gasteiger partial charge in [-0.15, -0.1) is 11.3 Å². The normalized spacial score (nSPS) is 13.4. The van der Waals surface area contributed by atoms with Gasteiger partial charge in [0.05, 0.1) is 16.3 Å². The van der Waals surface area contributed by atoms with E-state index in [-0.39, 0.29) is 17.0 Å². The fourth-order valence-electron chi connectivity index (χ4n) is 3.11. The molecule has 31 heavy (non-hydrogen) atoms. The van der Waals surface area contributed by atoms with Crippen LogP contribution in [-0.4, -0.2) is 51.1 Å². The number of rotatable bonds is 6. The number of aryl methyl sites for hydroxylation is 2. The summed E-state index contributed by atoms with van der Waals surface area (Å²) < 4.78 is 25.4. The minimum atomic E-state index is -3.68. The maximum absolute atomic E-state index is 12.3. The lowest BCUT2D eigenvalue weighted by molar-refractivity contribution is -0.120. The third-order valence-corrected chi connectivity index (χ3v) is 7.87. The highest BCUT2D eigenvalue weighted by atomic mass is 32.2. The number of nitrogens with one attached hydrogen (secondary N) is 3. The summed E-state index contributed by atoms with van der Waals surface area (Å²) >= 11 is 1.43. The summed E-state index contributed by atoms with van der Waals surface area (Å²) in [4.78, 5) is 38.2. The molecule has 0 radical (unpaired) electrons. The van der Waals surface area contributed by atoms with Crippen molar-refractivity contribution in [3.8, 4) is 0 Å². The van der Waals surface area contributed by atoms with Gasteiger partial charge in [0.15, 0.2) is 0 Å². The first-order valence-electron chi connectivity index (χ1n) is 9.70. The Kier molecular flexibility index (Phi) is 7.08. The molecular formula is C20H24N4O5S2. The van der Waals surface area contributed by atoms with Crippen LogP contribution in [0.3, 0.4) is 0 Å². The average Bonchev–Trinajstić information content (AvgIpc) is 3.20. The zero-order valence-electron chi connectivity index (χ0n) is 17.2. The maximum atomic E-state index is 12.3. The van der Waals surface area contributed by atoms with E-state index in [1.54, 1.807) is 0 Å². The lowest BCUT2D eigenvalue weighted by Crippen LogP contribution is -2.46. The highest BCUT2D eigenvalue weighted by molar-refractivity contribution is 7.89. The molecule has 3 rings (SSSR count). The second-order valence-corrected chi connectivity index (χ2v) is 10.6. The minimum Gasteiger partial charge on any atom is -0.343 e. The molecule has 1 aromatic carbocycles. The van der Waals surface area contributed by atoms with Gasteiger partial charge in [0.2, 0.25) is 10.0 Å². The van der Waals surface area contributed by atoms with Gasteiger partial charge in [0.1, 0.15) is 0 Å². The second kappa shape index (κ2) is 9.58. The SMILES string of the molecule is CN(C)S(=O)(=O)c1cccc(C(=O)NCC(=O)NNC(=O)c2cc3c(s2)CCCC3)c1. The number of hydrogen-bond donors (Lipinski definition) is 3. The van der Waals surface area contributed by atoms with Crippen LogP contribution in [0.4, 0.5) is 0 Å². The van der Waals surface area contributed by atoms with Gasteiger partial charge in [-0.05, 0) is 55.5 Å². The van der Waals surface area contributed by atoms with Crippen molar-refractivity contribution in [1.82, 2.24) is 20.5 Å². The zero-order chi connectivity index (χ0) is 22.6. The lowest BCUT2D eigenvalue weighted by Gasteiger charge is -2.12. The predicted octanol–water partition coefficient (Wildman–Crippen LogP) is 1.07. The highest BCUT2D eigenvalue weighted by Gasteiger charge is 2.20. The molecule has 0 atom stereocenters. The van der Waals surface area contributed by atoms with Crippen molar-refractivity contribution in [2.75, 3.05) is 20.6 Å². The van der Waals surface area contributed by atoms with E-state index >= 15 is 0 Å². The smallest absolute Gasteiger partial charge is 0.279 e. The molecule has 1 aliphatic rings. The molecule has 0 aliphatic heterocycles. The fourth-order valence-corrected chi connectivity index (χ4v) is 5.20. The summed E-state index contributed by atoms with van der Waals surface area (Å²) in [5, 5.41) is 2.40. The van der Waals surface area contributed by atoms with Gasteiger partial charge in [-0.3, -0.25) is 25.2 Å². The quantitative estimate of drug-likeness (QED) is 0.552. The molecule has 0 unspecified atom stereocenters. The molecule has 3 amide bonds. The first kappa shape index (κ1) is 22.9. The van der Waals surface area contributed by atoms with Crippen molar-refractivity contribution in [3.05, 3.63) is 51.2 Å². The molecule has 2 aromatic rings. The van der Waals surface area contributed by atoms with Crippen molar-refractivity contribution < 1.29 is 22.8 Å². The number of hydrogen-bond acceptors (Lipinski definition) is 6. The van der Waals surface area contributed by atoms with E-state index in [2.05, 4.69) is 16.2 Å². The molecule has 0 bridgehead atoms.